The molecule has 1 aromatic heterocycles. The molecule has 0 radical (unpaired) electrons. The molecule has 0 aliphatic carbocycles. The molecular formula is C30H27BrClNO6. The van der Waals surface area contributed by atoms with Gasteiger partial charge in [0, 0.05) is 41.9 Å². The van der Waals surface area contributed by atoms with Gasteiger partial charge in [-0.1, -0.05) is 41.9 Å². The Balaban J connectivity index is 1.60. The number of carbonyl (C=O) groups is 2. The van der Waals surface area contributed by atoms with Crippen LogP contribution in [0.1, 0.15) is 43.4 Å². The highest BCUT2D eigenvalue weighted by atomic mass is 79.9. The van der Waals surface area contributed by atoms with E-state index in [1.807, 2.05) is 55.6 Å². The molecule has 0 amide bonds. The number of cyclic esters (lactones) is 2. The number of H-pyrrole nitrogens is 1. The summed E-state index contributed by atoms with van der Waals surface area (Å²) in [6.45, 7) is 5.62. The number of para-hydroxylation sites is 1. The molecule has 9 heteroatoms. The molecule has 202 valence electrons. The molecule has 1 aliphatic heterocycles. The molecule has 4 aromatic rings. The first-order valence-corrected chi connectivity index (χ1v) is 13.7. The van der Waals surface area contributed by atoms with Crippen LogP contribution < -0.4 is 9.47 Å². The van der Waals surface area contributed by atoms with Gasteiger partial charge in [-0.2, -0.15) is 0 Å². The number of esters is 2. The van der Waals surface area contributed by atoms with Crippen LogP contribution in [0.2, 0.25) is 5.02 Å². The van der Waals surface area contributed by atoms with Crippen molar-refractivity contribution in [2.45, 2.75) is 39.1 Å². The second kappa shape index (κ2) is 10.9. The summed E-state index contributed by atoms with van der Waals surface area (Å²) in [7, 11) is 0. The molecule has 0 bridgehead atoms. The first-order valence-electron chi connectivity index (χ1n) is 12.5. The molecule has 1 atom stereocenters. The molecule has 1 aliphatic rings. The number of rotatable bonds is 8. The smallest absolute Gasteiger partial charge is 0.324 e. The van der Waals surface area contributed by atoms with Gasteiger partial charge in [-0.15, -0.1) is 0 Å². The molecule has 2 heterocycles. The average Bonchev–Trinajstić information content (AvgIpc) is 3.30. The van der Waals surface area contributed by atoms with Crippen molar-refractivity contribution in [1.29, 1.82) is 0 Å². The van der Waals surface area contributed by atoms with Crippen LogP contribution in [-0.2, 0) is 25.7 Å². The van der Waals surface area contributed by atoms with Gasteiger partial charge in [0.15, 0.2) is 17.4 Å². The summed E-state index contributed by atoms with van der Waals surface area (Å²) in [5.41, 5.74) is 3.23. The first kappa shape index (κ1) is 27.1. The molecule has 1 fully saturated rings. The second-order valence-corrected chi connectivity index (χ2v) is 11.0. The lowest BCUT2D eigenvalue weighted by Crippen LogP contribution is -2.48. The van der Waals surface area contributed by atoms with Crippen molar-refractivity contribution in [3.63, 3.8) is 0 Å². The Morgan fingerprint density at radius 2 is 1.72 bits per heavy atom. The van der Waals surface area contributed by atoms with Crippen LogP contribution >= 0.6 is 27.5 Å². The summed E-state index contributed by atoms with van der Waals surface area (Å²) in [6, 6.07) is 18.7. The summed E-state index contributed by atoms with van der Waals surface area (Å²) < 4.78 is 23.8. The minimum absolute atomic E-state index is 0.289. The van der Waals surface area contributed by atoms with Gasteiger partial charge in [-0.25, -0.2) is 0 Å². The monoisotopic (exact) mass is 611 g/mol. The quantitative estimate of drug-likeness (QED) is 0.168. The highest BCUT2D eigenvalue weighted by Gasteiger charge is 2.49. The van der Waals surface area contributed by atoms with E-state index in [4.69, 9.17) is 30.5 Å². The van der Waals surface area contributed by atoms with Crippen molar-refractivity contribution in [3.8, 4) is 11.5 Å². The molecule has 0 unspecified atom stereocenters. The number of fused-ring (bicyclic) bond motifs is 1. The third-order valence-electron chi connectivity index (χ3n) is 6.48. The molecule has 7 nitrogen and oxygen atoms in total. The average molecular weight is 613 g/mol. The molecule has 39 heavy (non-hydrogen) atoms. The Labute approximate surface area is 239 Å². The molecule has 1 saturated heterocycles. The maximum Gasteiger partial charge on any atom is 0.324 e. The Kier molecular flexibility index (Phi) is 7.60. The zero-order valence-corrected chi connectivity index (χ0v) is 24.0. The number of aromatic amines is 1. The van der Waals surface area contributed by atoms with E-state index in [2.05, 4.69) is 20.9 Å². The Morgan fingerprint density at radius 1 is 1.03 bits per heavy atom. The van der Waals surface area contributed by atoms with Gasteiger partial charge in [0.05, 0.1) is 11.1 Å². The fraction of sp³-hybridized carbons (Fsp3) is 0.267. The van der Waals surface area contributed by atoms with Gasteiger partial charge in [0.1, 0.15) is 6.61 Å². The van der Waals surface area contributed by atoms with Crippen LogP contribution in [0.5, 0.6) is 11.5 Å². The standard InChI is InChI=1S/C30H27BrClNO6/c1-4-36-24-14-18(13-22(31)27(24)37-16-17-9-11-19(32)12-10-17)25(21-15-33-23-8-6-5-7-20(21)23)26-28(34)38-30(2,3)39-29(26)35/h5-15,25-26,33H,4,16H2,1-3H3/t25-/m0/s1. The normalized spacial score (nSPS) is 16.0. The van der Waals surface area contributed by atoms with E-state index < -0.39 is 29.6 Å². The molecule has 1 N–H and O–H groups in total. The zero-order valence-electron chi connectivity index (χ0n) is 21.6. The first-order chi connectivity index (χ1) is 18.7. The third-order valence-corrected chi connectivity index (χ3v) is 7.32. The van der Waals surface area contributed by atoms with Crippen LogP contribution in [0.25, 0.3) is 10.9 Å². The summed E-state index contributed by atoms with van der Waals surface area (Å²) in [5.74, 6) is -3.61. The van der Waals surface area contributed by atoms with Crippen LogP contribution in [0.3, 0.4) is 0 Å². The van der Waals surface area contributed by atoms with E-state index in [-0.39, 0.29) is 6.61 Å². The number of carbonyl (C=O) groups excluding carboxylic acids is 2. The number of aromatic nitrogens is 1. The molecule has 5 rings (SSSR count). The number of ether oxygens (including phenoxy) is 4. The van der Waals surface area contributed by atoms with E-state index >= 15 is 0 Å². The summed E-state index contributed by atoms with van der Waals surface area (Å²) in [5, 5.41) is 1.52. The minimum atomic E-state index is -1.34. The fourth-order valence-electron chi connectivity index (χ4n) is 4.81. The summed E-state index contributed by atoms with van der Waals surface area (Å²) in [6.07, 6.45) is 1.81. The largest absolute Gasteiger partial charge is 0.490 e. The molecule has 0 spiro atoms. The van der Waals surface area contributed by atoms with Gasteiger partial charge in [0.25, 0.3) is 5.79 Å². The van der Waals surface area contributed by atoms with E-state index in [0.717, 1.165) is 22.0 Å². The highest BCUT2D eigenvalue weighted by Crippen LogP contribution is 2.45. The molecule has 0 saturated carbocycles. The fourth-order valence-corrected chi connectivity index (χ4v) is 5.51. The Hall–Kier alpha value is -3.49. The van der Waals surface area contributed by atoms with E-state index in [1.54, 1.807) is 18.2 Å². The Bertz CT molecular complexity index is 1510. The van der Waals surface area contributed by atoms with Gasteiger partial charge in [0.2, 0.25) is 0 Å². The van der Waals surface area contributed by atoms with Crippen molar-refractivity contribution in [2.75, 3.05) is 6.61 Å². The SMILES string of the molecule is CCOc1cc([C@@H](c2c[nH]c3ccccc23)C2C(=O)OC(C)(C)OC2=O)cc(Br)c1OCc1ccc(Cl)cc1. The summed E-state index contributed by atoms with van der Waals surface area (Å²) >= 11 is 9.65. The van der Waals surface area contributed by atoms with Crippen LogP contribution in [0, 0.1) is 5.92 Å². The number of nitrogens with one attached hydrogen (secondary N) is 1. The summed E-state index contributed by atoms with van der Waals surface area (Å²) in [4.78, 5) is 29.9. The maximum absolute atomic E-state index is 13.3. The van der Waals surface area contributed by atoms with Crippen molar-refractivity contribution < 1.29 is 28.5 Å². The predicted octanol–water partition coefficient (Wildman–Crippen LogP) is 7.15. The topological polar surface area (TPSA) is 86.9 Å². The van der Waals surface area contributed by atoms with Gasteiger partial charge >= 0.3 is 11.9 Å². The van der Waals surface area contributed by atoms with E-state index in [1.165, 1.54) is 13.8 Å². The van der Waals surface area contributed by atoms with Crippen molar-refractivity contribution in [1.82, 2.24) is 4.98 Å². The van der Waals surface area contributed by atoms with Gasteiger partial charge in [-0.05, 0) is 69.9 Å². The predicted molar refractivity (Wildman–Crippen MR) is 151 cm³/mol. The van der Waals surface area contributed by atoms with Crippen molar-refractivity contribution >= 4 is 50.4 Å². The van der Waals surface area contributed by atoms with Crippen molar-refractivity contribution in [3.05, 3.63) is 93.0 Å². The highest BCUT2D eigenvalue weighted by molar-refractivity contribution is 9.10. The van der Waals surface area contributed by atoms with Crippen LogP contribution in [-0.4, -0.2) is 29.3 Å². The number of benzene rings is 3. The van der Waals surface area contributed by atoms with Crippen LogP contribution in [0.4, 0.5) is 0 Å². The number of hydrogen-bond donors (Lipinski definition) is 1. The van der Waals surface area contributed by atoms with Gasteiger partial charge < -0.3 is 23.9 Å². The van der Waals surface area contributed by atoms with E-state index in [0.29, 0.717) is 33.2 Å². The second-order valence-electron chi connectivity index (χ2n) is 9.67. The maximum atomic E-state index is 13.3. The lowest BCUT2D eigenvalue weighted by atomic mass is 9.80. The van der Waals surface area contributed by atoms with Crippen molar-refractivity contribution in [2.24, 2.45) is 5.92 Å². The zero-order chi connectivity index (χ0) is 27.7. The van der Waals surface area contributed by atoms with Gasteiger partial charge in [-0.3, -0.25) is 9.59 Å². The number of halogens is 2. The van der Waals surface area contributed by atoms with Crippen LogP contribution in [0.15, 0.2) is 71.3 Å². The Morgan fingerprint density at radius 3 is 2.41 bits per heavy atom. The lowest BCUT2D eigenvalue weighted by Gasteiger charge is -2.36. The lowest BCUT2D eigenvalue weighted by molar-refractivity contribution is -0.240. The minimum Gasteiger partial charge on any atom is -0.490 e. The van der Waals surface area contributed by atoms with E-state index in [9.17, 15) is 9.59 Å². The third kappa shape index (κ3) is 5.63. The molecule has 3 aromatic carbocycles. The molecular weight excluding hydrogens is 586 g/mol. The number of hydrogen-bond acceptors (Lipinski definition) is 6.